The number of aromatic nitrogens is 3. The molecule has 10 aromatic carbocycles. The van der Waals surface area contributed by atoms with Gasteiger partial charge in [-0.3, -0.25) is 4.57 Å². The molecule has 63 heavy (non-hydrogen) atoms. The molecule has 294 valence electrons. The van der Waals surface area contributed by atoms with Crippen LogP contribution in [0.2, 0.25) is 0 Å². The molecular weight excluding hydrogens is 769 g/mol. The number of hydrogen-bond acceptors (Lipinski definition) is 4. The Kier molecular flexibility index (Phi) is 7.84. The maximum Gasteiger partial charge on any atom is 0.235 e. The van der Waals surface area contributed by atoms with E-state index in [2.05, 4.69) is 210 Å². The molecule has 5 nitrogen and oxygen atoms in total. The van der Waals surface area contributed by atoms with Gasteiger partial charge >= 0.3 is 0 Å². The van der Waals surface area contributed by atoms with Gasteiger partial charge in [0.25, 0.3) is 0 Å². The van der Waals surface area contributed by atoms with Crippen LogP contribution in [0.4, 0.5) is 17.1 Å². The quantitative estimate of drug-likeness (QED) is 0.174. The summed E-state index contributed by atoms with van der Waals surface area (Å²) in [4.78, 5) is 13.1. The van der Waals surface area contributed by atoms with E-state index in [0.29, 0.717) is 5.95 Å². The van der Waals surface area contributed by atoms with E-state index in [1.807, 2.05) is 18.2 Å². The van der Waals surface area contributed by atoms with Crippen molar-refractivity contribution in [3.05, 3.63) is 218 Å². The summed E-state index contributed by atoms with van der Waals surface area (Å²) in [5.74, 6) is 2.25. The molecule has 1 aliphatic rings. The molecule has 13 rings (SSSR count). The minimum atomic E-state index is 0.623. The summed E-state index contributed by atoms with van der Waals surface area (Å²) in [6, 6.07) is 77.3. The molecule has 3 heterocycles. The first-order chi connectivity index (χ1) is 31.2. The van der Waals surface area contributed by atoms with Gasteiger partial charge in [0.05, 0.1) is 33.6 Å². The van der Waals surface area contributed by atoms with Gasteiger partial charge in [-0.05, 0) is 98.4 Å². The molecule has 5 heteroatoms. The Balaban J connectivity index is 0.994. The molecule has 12 aromatic rings. The first kappa shape index (κ1) is 35.2. The standard InChI is InChI=1S/C58H36N4O/c1-2-16-43(17-3-1)61-50-23-10-11-24-54(50)63-55-36-42(31-33-51(55)61)41-29-32-48-53(35-41)62(52-34-30-38-14-5-7-19-46(38)56(48)52)58-59-49-22-9-8-20-47(49)57(60-58)40-27-25-39(26-28-40)45-21-12-15-37-13-4-6-18-44(37)45/h1-36H. The Bertz CT molecular complexity index is 3770. The average molecular weight is 805 g/mol. The van der Waals surface area contributed by atoms with Crippen LogP contribution >= 0.6 is 0 Å². The van der Waals surface area contributed by atoms with Crippen molar-refractivity contribution in [1.29, 1.82) is 0 Å². The van der Waals surface area contributed by atoms with Gasteiger partial charge in [0.15, 0.2) is 11.5 Å². The molecule has 0 saturated heterocycles. The van der Waals surface area contributed by atoms with E-state index in [1.54, 1.807) is 0 Å². The average Bonchev–Trinajstić information content (AvgIpc) is 3.69. The van der Waals surface area contributed by atoms with Gasteiger partial charge in [-0.15, -0.1) is 0 Å². The second kappa shape index (κ2) is 14.0. The third-order valence-corrected chi connectivity index (χ3v) is 12.6. The predicted molar refractivity (Wildman–Crippen MR) is 260 cm³/mol. The topological polar surface area (TPSA) is 43.2 Å². The number of fused-ring (bicyclic) bond motifs is 9. The van der Waals surface area contributed by atoms with E-state index in [9.17, 15) is 0 Å². The molecule has 0 saturated carbocycles. The van der Waals surface area contributed by atoms with E-state index in [1.165, 1.54) is 38.1 Å². The Morgan fingerprint density at radius 3 is 1.90 bits per heavy atom. The van der Waals surface area contributed by atoms with Crippen molar-refractivity contribution in [3.63, 3.8) is 0 Å². The Labute approximate surface area is 363 Å². The van der Waals surface area contributed by atoms with E-state index < -0.39 is 0 Å². The Hall–Kier alpha value is -8.54. The minimum Gasteiger partial charge on any atom is -0.453 e. The molecular formula is C58H36N4O. The smallest absolute Gasteiger partial charge is 0.235 e. The van der Waals surface area contributed by atoms with Crippen molar-refractivity contribution in [2.75, 3.05) is 4.90 Å². The predicted octanol–water partition coefficient (Wildman–Crippen LogP) is 15.6. The summed E-state index contributed by atoms with van der Waals surface area (Å²) in [6.45, 7) is 0. The fourth-order valence-electron chi connectivity index (χ4n) is 9.64. The van der Waals surface area contributed by atoms with Crippen LogP contribution in [0.1, 0.15) is 0 Å². The van der Waals surface area contributed by atoms with Crippen LogP contribution in [0.15, 0.2) is 218 Å². The van der Waals surface area contributed by atoms with E-state index in [4.69, 9.17) is 14.7 Å². The van der Waals surface area contributed by atoms with E-state index in [-0.39, 0.29) is 0 Å². The van der Waals surface area contributed by atoms with Gasteiger partial charge in [-0.1, -0.05) is 164 Å². The molecule has 0 fully saturated rings. The van der Waals surface area contributed by atoms with Crippen molar-refractivity contribution in [3.8, 4) is 51.0 Å². The molecule has 0 aliphatic carbocycles. The largest absolute Gasteiger partial charge is 0.453 e. The summed E-state index contributed by atoms with van der Waals surface area (Å²) in [7, 11) is 0. The highest BCUT2D eigenvalue weighted by Gasteiger charge is 2.26. The second-order valence-corrected chi connectivity index (χ2v) is 16.2. The number of para-hydroxylation sites is 4. The summed E-state index contributed by atoms with van der Waals surface area (Å²) >= 11 is 0. The van der Waals surface area contributed by atoms with Gasteiger partial charge < -0.3 is 9.64 Å². The molecule has 0 spiro atoms. The number of nitrogens with zero attached hydrogens (tertiary/aromatic N) is 4. The molecule has 0 amide bonds. The van der Waals surface area contributed by atoms with Crippen molar-refractivity contribution < 1.29 is 4.74 Å². The molecule has 2 aromatic heterocycles. The van der Waals surface area contributed by atoms with Crippen LogP contribution in [0, 0.1) is 0 Å². The van der Waals surface area contributed by atoms with Crippen LogP contribution < -0.4 is 9.64 Å². The molecule has 0 bridgehead atoms. The summed E-state index contributed by atoms with van der Waals surface area (Å²) in [6.07, 6.45) is 0. The third kappa shape index (κ3) is 5.64. The zero-order valence-electron chi connectivity index (χ0n) is 34.0. The van der Waals surface area contributed by atoms with Crippen LogP contribution in [0.25, 0.3) is 93.7 Å². The number of rotatable bonds is 5. The molecule has 0 N–H and O–H groups in total. The monoisotopic (exact) mass is 804 g/mol. The zero-order valence-corrected chi connectivity index (χ0v) is 34.0. The molecule has 0 radical (unpaired) electrons. The lowest BCUT2D eigenvalue weighted by atomic mass is 9.96. The SMILES string of the molecule is c1ccc(N2c3ccccc3Oc3cc(-c4ccc5c6c7ccccc7ccc6n(-c6nc(-c7ccc(-c8cccc9ccccc89)cc7)c7ccccc7n6)c5c4)ccc32)cc1. The van der Waals surface area contributed by atoms with E-state index in [0.717, 1.165) is 78.3 Å². The molecule has 0 unspecified atom stereocenters. The lowest BCUT2D eigenvalue weighted by Crippen LogP contribution is -2.15. The number of benzene rings is 10. The van der Waals surface area contributed by atoms with Crippen molar-refractivity contribution in [2.45, 2.75) is 0 Å². The maximum absolute atomic E-state index is 6.65. The van der Waals surface area contributed by atoms with Crippen molar-refractivity contribution in [2.24, 2.45) is 0 Å². The summed E-state index contributed by atoms with van der Waals surface area (Å²) in [5, 5.41) is 8.17. The third-order valence-electron chi connectivity index (χ3n) is 12.6. The summed E-state index contributed by atoms with van der Waals surface area (Å²) < 4.78 is 8.90. The number of anilines is 3. The van der Waals surface area contributed by atoms with Gasteiger partial charge in [0, 0.05) is 27.4 Å². The van der Waals surface area contributed by atoms with Crippen molar-refractivity contribution in [1.82, 2.24) is 14.5 Å². The van der Waals surface area contributed by atoms with Gasteiger partial charge in [-0.25, -0.2) is 9.97 Å². The minimum absolute atomic E-state index is 0.623. The molecule has 1 aliphatic heterocycles. The van der Waals surface area contributed by atoms with Gasteiger partial charge in [-0.2, -0.15) is 0 Å². The first-order valence-electron chi connectivity index (χ1n) is 21.3. The van der Waals surface area contributed by atoms with Crippen LogP contribution in [-0.4, -0.2) is 14.5 Å². The fourth-order valence-corrected chi connectivity index (χ4v) is 9.64. The maximum atomic E-state index is 6.65. The second-order valence-electron chi connectivity index (χ2n) is 16.2. The molecule has 0 atom stereocenters. The Morgan fingerprint density at radius 1 is 0.381 bits per heavy atom. The van der Waals surface area contributed by atoms with Crippen LogP contribution in [-0.2, 0) is 0 Å². The Morgan fingerprint density at radius 2 is 1.03 bits per heavy atom. The van der Waals surface area contributed by atoms with Crippen LogP contribution in [0.3, 0.4) is 0 Å². The first-order valence-corrected chi connectivity index (χ1v) is 21.3. The van der Waals surface area contributed by atoms with E-state index >= 15 is 0 Å². The summed E-state index contributed by atoms with van der Waals surface area (Å²) in [5.41, 5.74) is 12.5. The van der Waals surface area contributed by atoms with Crippen molar-refractivity contribution >= 4 is 71.3 Å². The van der Waals surface area contributed by atoms with Gasteiger partial charge in [0.2, 0.25) is 5.95 Å². The number of hydrogen-bond donors (Lipinski definition) is 0. The highest BCUT2D eigenvalue weighted by Crippen LogP contribution is 2.51. The highest BCUT2D eigenvalue weighted by molar-refractivity contribution is 6.21. The lowest BCUT2D eigenvalue weighted by Gasteiger charge is -2.33. The zero-order chi connectivity index (χ0) is 41.4. The van der Waals surface area contributed by atoms with Crippen LogP contribution in [0.5, 0.6) is 11.5 Å². The lowest BCUT2D eigenvalue weighted by molar-refractivity contribution is 0.477. The number of ether oxygens (including phenoxy) is 1. The fraction of sp³-hybridized carbons (Fsp3) is 0. The van der Waals surface area contributed by atoms with Gasteiger partial charge in [0.1, 0.15) is 0 Å². The highest BCUT2D eigenvalue weighted by atomic mass is 16.5. The normalized spacial score (nSPS) is 12.2.